The van der Waals surface area contributed by atoms with Crippen molar-refractivity contribution in [2.75, 3.05) is 40.0 Å². The van der Waals surface area contributed by atoms with Gasteiger partial charge >= 0.3 is 0 Å². The Labute approximate surface area is 213 Å². The van der Waals surface area contributed by atoms with E-state index in [0.29, 0.717) is 38.0 Å². The SMILES string of the molecule is C=C(/C(C)=C(\N=C/N)C(=O)N1CCC(N[C@H]2CCOC[C@H]2OC)CC1)N1CCc2ccc(O)cc2C1. The van der Waals surface area contributed by atoms with Crippen LogP contribution in [0, 0.1) is 0 Å². The van der Waals surface area contributed by atoms with Crippen LogP contribution in [0.2, 0.25) is 0 Å². The third-order valence-electron chi connectivity index (χ3n) is 7.62. The number of allylic oxidation sites excluding steroid dienone is 1. The number of phenolic OH excluding ortho intramolecular Hbond substituents is 1. The minimum absolute atomic E-state index is 0.0613. The van der Waals surface area contributed by atoms with Gasteiger partial charge in [0.1, 0.15) is 11.4 Å². The Morgan fingerprint density at radius 1 is 1.25 bits per heavy atom. The first-order valence-corrected chi connectivity index (χ1v) is 12.8. The van der Waals surface area contributed by atoms with E-state index in [9.17, 15) is 9.90 Å². The standard InChI is InChI=1S/C27H39N5O4/c1-18(19(2)32-10-6-20-4-5-23(33)14-21(20)15-32)26(29-17-28)27(34)31-11-7-22(8-12-31)30-24-9-13-36-16-25(24)35-3/h4-5,14,17,22,24-25,30,33H,2,6-13,15-16H2,1,3H3,(H2,28,29)/b26-18-/t24-,25+/m0/s1. The summed E-state index contributed by atoms with van der Waals surface area (Å²) < 4.78 is 11.1. The summed E-state index contributed by atoms with van der Waals surface area (Å²) in [4.78, 5) is 21.8. The number of aliphatic imine (C=N–C) groups is 1. The number of hydrogen-bond acceptors (Lipinski definition) is 7. The second-order valence-corrected chi connectivity index (χ2v) is 9.80. The predicted molar refractivity (Wildman–Crippen MR) is 139 cm³/mol. The number of nitrogens with one attached hydrogen (secondary N) is 1. The number of aromatic hydroxyl groups is 1. The minimum atomic E-state index is -0.121. The molecular formula is C27H39N5O4. The maximum absolute atomic E-state index is 13.5. The van der Waals surface area contributed by atoms with Crippen LogP contribution in [0.25, 0.3) is 0 Å². The number of fused-ring (bicyclic) bond motifs is 1. The molecule has 0 aromatic heterocycles. The molecule has 0 radical (unpaired) electrons. The van der Waals surface area contributed by atoms with Gasteiger partial charge in [-0.2, -0.15) is 0 Å². The molecule has 0 saturated carbocycles. The van der Waals surface area contributed by atoms with Crippen LogP contribution in [-0.4, -0.2) is 85.3 Å². The number of hydrogen-bond donors (Lipinski definition) is 3. The van der Waals surface area contributed by atoms with Crippen LogP contribution in [0.4, 0.5) is 0 Å². The van der Waals surface area contributed by atoms with Crippen molar-refractivity contribution in [1.82, 2.24) is 15.1 Å². The molecule has 3 aliphatic heterocycles. The zero-order chi connectivity index (χ0) is 25.7. The van der Waals surface area contributed by atoms with Crippen molar-refractivity contribution in [3.8, 4) is 5.75 Å². The van der Waals surface area contributed by atoms with Crippen LogP contribution in [-0.2, 0) is 27.2 Å². The van der Waals surface area contributed by atoms with E-state index in [1.807, 2.05) is 17.9 Å². The van der Waals surface area contributed by atoms with Gasteiger partial charge < -0.3 is 35.4 Å². The lowest BCUT2D eigenvalue weighted by atomic mass is 9.97. The van der Waals surface area contributed by atoms with E-state index in [1.165, 1.54) is 11.9 Å². The molecule has 4 rings (SSSR count). The molecule has 3 heterocycles. The summed E-state index contributed by atoms with van der Waals surface area (Å²) >= 11 is 0. The summed E-state index contributed by atoms with van der Waals surface area (Å²) in [5.41, 5.74) is 9.74. The molecule has 1 aromatic rings. The zero-order valence-electron chi connectivity index (χ0n) is 21.4. The lowest BCUT2D eigenvalue weighted by Gasteiger charge is -2.38. The molecule has 0 aliphatic carbocycles. The predicted octanol–water partition coefficient (Wildman–Crippen LogP) is 1.91. The van der Waals surface area contributed by atoms with Crippen LogP contribution < -0.4 is 11.1 Å². The monoisotopic (exact) mass is 497 g/mol. The highest BCUT2D eigenvalue weighted by atomic mass is 16.5. The molecule has 2 saturated heterocycles. The van der Waals surface area contributed by atoms with E-state index < -0.39 is 0 Å². The number of rotatable bonds is 7. The van der Waals surface area contributed by atoms with Gasteiger partial charge in [-0.3, -0.25) is 4.79 Å². The Morgan fingerprint density at radius 2 is 2.03 bits per heavy atom. The van der Waals surface area contributed by atoms with Gasteiger partial charge in [0.05, 0.1) is 19.0 Å². The van der Waals surface area contributed by atoms with E-state index >= 15 is 0 Å². The summed E-state index contributed by atoms with van der Waals surface area (Å²) in [5.74, 6) is 0.134. The van der Waals surface area contributed by atoms with Gasteiger partial charge in [0.2, 0.25) is 0 Å². The van der Waals surface area contributed by atoms with Gasteiger partial charge in [0, 0.05) is 63.2 Å². The van der Waals surface area contributed by atoms with Crippen LogP contribution in [0.15, 0.2) is 46.7 Å². The summed E-state index contributed by atoms with van der Waals surface area (Å²) in [6.45, 7) is 10.2. The highest BCUT2D eigenvalue weighted by molar-refractivity contribution is 5.95. The molecule has 1 amide bonds. The van der Waals surface area contributed by atoms with Gasteiger partial charge in [-0.15, -0.1) is 0 Å². The number of benzene rings is 1. The minimum Gasteiger partial charge on any atom is -0.508 e. The van der Waals surface area contributed by atoms with Gasteiger partial charge in [0.15, 0.2) is 0 Å². The molecule has 9 heteroatoms. The van der Waals surface area contributed by atoms with Gasteiger partial charge in [-0.05, 0) is 55.9 Å². The number of phenols is 1. The number of carbonyl (C=O) groups is 1. The highest BCUT2D eigenvalue weighted by Crippen LogP contribution is 2.29. The fourth-order valence-electron chi connectivity index (χ4n) is 5.37. The van der Waals surface area contributed by atoms with Crippen molar-refractivity contribution in [2.24, 2.45) is 10.7 Å². The number of methoxy groups -OCH3 is 1. The molecule has 9 nitrogen and oxygen atoms in total. The molecule has 2 atom stereocenters. The highest BCUT2D eigenvalue weighted by Gasteiger charge is 2.31. The fraction of sp³-hybridized carbons (Fsp3) is 0.556. The molecule has 3 aliphatic rings. The lowest BCUT2D eigenvalue weighted by molar-refractivity contribution is -0.128. The number of nitrogens with two attached hydrogens (primary N) is 1. The maximum atomic E-state index is 13.5. The van der Waals surface area contributed by atoms with Gasteiger partial charge in [-0.1, -0.05) is 12.6 Å². The van der Waals surface area contributed by atoms with Crippen molar-refractivity contribution in [3.05, 3.63) is 52.9 Å². The van der Waals surface area contributed by atoms with E-state index in [-0.39, 0.29) is 23.8 Å². The third kappa shape index (κ3) is 5.91. The first-order valence-electron chi connectivity index (χ1n) is 12.8. The van der Waals surface area contributed by atoms with Crippen LogP contribution in [0.1, 0.15) is 37.3 Å². The largest absolute Gasteiger partial charge is 0.508 e. The van der Waals surface area contributed by atoms with Crippen molar-refractivity contribution < 1.29 is 19.4 Å². The molecule has 2 fully saturated rings. The third-order valence-corrected chi connectivity index (χ3v) is 7.62. The number of amides is 1. The Balaban J connectivity index is 1.40. The lowest BCUT2D eigenvalue weighted by Crippen LogP contribution is -2.54. The van der Waals surface area contributed by atoms with Crippen molar-refractivity contribution in [2.45, 2.75) is 57.3 Å². The van der Waals surface area contributed by atoms with Crippen LogP contribution >= 0.6 is 0 Å². The van der Waals surface area contributed by atoms with E-state index in [4.69, 9.17) is 15.2 Å². The van der Waals surface area contributed by atoms with Crippen LogP contribution in [0.3, 0.4) is 0 Å². The number of piperidine rings is 1. The molecule has 0 bridgehead atoms. The molecule has 0 spiro atoms. The normalized spacial score (nSPS) is 23.9. The number of carbonyl (C=O) groups excluding carboxylic acids is 1. The summed E-state index contributed by atoms with van der Waals surface area (Å²) in [6, 6.07) is 6.10. The van der Waals surface area contributed by atoms with Crippen molar-refractivity contribution >= 4 is 12.2 Å². The van der Waals surface area contributed by atoms with Gasteiger partial charge in [-0.25, -0.2) is 4.99 Å². The number of likely N-dealkylation sites (tertiary alicyclic amines) is 1. The Bertz CT molecular complexity index is 1020. The van der Waals surface area contributed by atoms with Crippen molar-refractivity contribution in [3.63, 3.8) is 0 Å². The molecule has 0 unspecified atom stereocenters. The first-order chi connectivity index (χ1) is 17.4. The quantitative estimate of drug-likeness (QED) is 0.228. The topological polar surface area (TPSA) is 113 Å². The average Bonchev–Trinajstić information content (AvgIpc) is 2.91. The maximum Gasteiger partial charge on any atom is 0.272 e. The second kappa shape index (κ2) is 11.9. The summed E-state index contributed by atoms with van der Waals surface area (Å²) in [7, 11) is 1.73. The Morgan fingerprint density at radius 3 is 2.75 bits per heavy atom. The molecule has 36 heavy (non-hydrogen) atoms. The van der Waals surface area contributed by atoms with E-state index in [0.717, 1.165) is 55.7 Å². The molecule has 196 valence electrons. The second-order valence-electron chi connectivity index (χ2n) is 9.80. The molecular weight excluding hydrogens is 458 g/mol. The fourth-order valence-corrected chi connectivity index (χ4v) is 5.37. The average molecular weight is 498 g/mol. The number of nitrogens with zero attached hydrogens (tertiary/aromatic N) is 3. The van der Waals surface area contributed by atoms with Crippen molar-refractivity contribution in [1.29, 1.82) is 0 Å². The molecule has 4 N–H and O–H groups in total. The Kier molecular flexibility index (Phi) is 8.66. The van der Waals surface area contributed by atoms with Gasteiger partial charge in [0.25, 0.3) is 5.91 Å². The summed E-state index contributed by atoms with van der Waals surface area (Å²) in [5, 5.41) is 13.6. The molecule has 1 aromatic carbocycles. The number of ether oxygens (including phenoxy) is 2. The first kappa shape index (κ1) is 26.2. The Hall–Kier alpha value is -2.88. The smallest absolute Gasteiger partial charge is 0.272 e. The zero-order valence-corrected chi connectivity index (χ0v) is 21.4. The van der Waals surface area contributed by atoms with E-state index in [1.54, 1.807) is 19.2 Å². The van der Waals surface area contributed by atoms with Crippen LogP contribution in [0.5, 0.6) is 5.75 Å². The van der Waals surface area contributed by atoms with E-state index in [2.05, 4.69) is 21.8 Å². The summed E-state index contributed by atoms with van der Waals surface area (Å²) in [6.07, 6.45) is 4.75.